The van der Waals surface area contributed by atoms with E-state index < -0.39 is 0 Å². The van der Waals surface area contributed by atoms with Gasteiger partial charge in [-0.1, -0.05) is 30.3 Å². The van der Waals surface area contributed by atoms with Gasteiger partial charge in [0, 0.05) is 24.8 Å². The van der Waals surface area contributed by atoms with Crippen LogP contribution in [-0.4, -0.2) is 51.8 Å². The third kappa shape index (κ3) is 5.80. The first kappa shape index (κ1) is 25.3. The maximum absolute atomic E-state index is 13.8. The van der Waals surface area contributed by atoms with Gasteiger partial charge in [-0.3, -0.25) is 14.2 Å². The second-order valence-corrected chi connectivity index (χ2v) is 10.5. The summed E-state index contributed by atoms with van der Waals surface area (Å²) in [7, 11) is 0. The van der Waals surface area contributed by atoms with Crippen LogP contribution in [0.1, 0.15) is 30.5 Å². The van der Waals surface area contributed by atoms with Gasteiger partial charge >= 0.3 is 0 Å². The Morgan fingerprint density at radius 2 is 1.97 bits per heavy atom. The number of aromatic nitrogens is 2. The summed E-state index contributed by atoms with van der Waals surface area (Å²) in [5, 5.41) is 4.22. The quantitative estimate of drug-likeness (QED) is 0.252. The highest BCUT2D eigenvalue weighted by Gasteiger charge is 2.29. The molecule has 2 aliphatic rings. The number of thioether (sulfide) groups is 1. The van der Waals surface area contributed by atoms with E-state index in [1.807, 2.05) is 18.2 Å². The van der Waals surface area contributed by atoms with Gasteiger partial charge in [-0.2, -0.15) is 0 Å². The van der Waals surface area contributed by atoms with Crippen molar-refractivity contribution in [1.29, 1.82) is 0 Å². The molecule has 2 aromatic carbocycles. The SMILES string of the molecule is Nc1ccccc1-n1c(SC2CCC2)nc2c(c1=O)CN(C(=O)CNCCOc1ccc(F)cc1)CC2. The standard InChI is InChI=1S/C27H30FN5O3S/c28-18-8-10-19(11-9-18)36-15-13-30-16-25(34)32-14-12-23-21(17-32)26(35)33(24-7-2-1-6-22(24)29)27(31-23)37-20-4-3-5-20/h1-2,6-11,20,30H,3-5,12-17,29H2. The lowest BCUT2D eigenvalue weighted by molar-refractivity contribution is -0.131. The number of halogens is 1. The Hall–Kier alpha value is -3.37. The lowest BCUT2D eigenvalue weighted by Gasteiger charge is -2.30. The van der Waals surface area contributed by atoms with Crippen LogP contribution in [0.5, 0.6) is 5.75 Å². The van der Waals surface area contributed by atoms with Crippen molar-refractivity contribution in [3.05, 3.63) is 76.0 Å². The van der Waals surface area contributed by atoms with Crippen LogP contribution in [0.15, 0.2) is 58.5 Å². The van der Waals surface area contributed by atoms with Crippen LogP contribution in [0, 0.1) is 5.82 Å². The Kier molecular flexibility index (Phi) is 7.76. The molecule has 37 heavy (non-hydrogen) atoms. The largest absolute Gasteiger partial charge is 0.492 e. The van der Waals surface area contributed by atoms with Crippen LogP contribution in [-0.2, 0) is 17.8 Å². The number of anilines is 1. The van der Waals surface area contributed by atoms with Gasteiger partial charge in [0.15, 0.2) is 5.16 Å². The van der Waals surface area contributed by atoms with Crippen molar-refractivity contribution in [1.82, 2.24) is 19.8 Å². The second-order valence-electron chi connectivity index (χ2n) is 9.23. The van der Waals surface area contributed by atoms with E-state index in [0.717, 1.165) is 18.5 Å². The minimum absolute atomic E-state index is 0.0921. The van der Waals surface area contributed by atoms with Crippen LogP contribution in [0.25, 0.3) is 5.69 Å². The number of ether oxygens (including phenoxy) is 1. The number of hydrogen-bond donors (Lipinski definition) is 2. The topological polar surface area (TPSA) is 102 Å². The van der Waals surface area contributed by atoms with Gasteiger partial charge in [0.25, 0.3) is 5.56 Å². The highest BCUT2D eigenvalue weighted by Crippen LogP contribution is 2.37. The molecule has 194 valence electrons. The van der Waals surface area contributed by atoms with Crippen LogP contribution in [0.2, 0.25) is 0 Å². The van der Waals surface area contributed by atoms with E-state index in [0.29, 0.717) is 59.2 Å². The molecule has 1 saturated carbocycles. The molecule has 0 unspecified atom stereocenters. The molecular formula is C27H30FN5O3S. The van der Waals surface area contributed by atoms with E-state index >= 15 is 0 Å². The van der Waals surface area contributed by atoms with E-state index in [1.54, 1.807) is 39.4 Å². The second kappa shape index (κ2) is 11.4. The van der Waals surface area contributed by atoms with Crippen LogP contribution < -0.4 is 21.3 Å². The number of fused-ring (bicyclic) bond motifs is 1. The predicted octanol–water partition coefficient (Wildman–Crippen LogP) is 3.15. The molecule has 0 atom stereocenters. The summed E-state index contributed by atoms with van der Waals surface area (Å²) in [6.07, 6.45) is 3.97. The van der Waals surface area contributed by atoms with E-state index in [-0.39, 0.29) is 30.4 Å². The van der Waals surface area contributed by atoms with Crippen molar-refractivity contribution in [2.75, 3.05) is 32.0 Å². The normalized spacial score (nSPS) is 15.2. The molecule has 0 radical (unpaired) electrons. The van der Waals surface area contributed by atoms with Gasteiger partial charge in [-0.05, 0) is 49.2 Å². The lowest BCUT2D eigenvalue weighted by atomic mass is 10.0. The first-order valence-electron chi connectivity index (χ1n) is 12.5. The molecule has 3 aromatic rings. The highest BCUT2D eigenvalue weighted by atomic mass is 32.2. The summed E-state index contributed by atoms with van der Waals surface area (Å²) in [5.41, 5.74) is 8.52. The molecule has 1 aliphatic heterocycles. The van der Waals surface area contributed by atoms with Crippen molar-refractivity contribution in [2.24, 2.45) is 0 Å². The number of carbonyl (C=O) groups is 1. The molecule has 0 bridgehead atoms. The van der Waals surface area contributed by atoms with Crippen molar-refractivity contribution in [2.45, 2.75) is 42.6 Å². The number of nitrogens with zero attached hydrogens (tertiary/aromatic N) is 3. The maximum atomic E-state index is 13.8. The van der Waals surface area contributed by atoms with E-state index in [2.05, 4.69) is 5.32 Å². The summed E-state index contributed by atoms with van der Waals surface area (Å²) in [4.78, 5) is 33.2. The Labute approximate surface area is 219 Å². The molecule has 1 aliphatic carbocycles. The van der Waals surface area contributed by atoms with Crippen LogP contribution >= 0.6 is 11.8 Å². The van der Waals surface area contributed by atoms with Gasteiger partial charge in [0.05, 0.1) is 35.7 Å². The fourth-order valence-electron chi connectivity index (χ4n) is 4.37. The third-order valence-electron chi connectivity index (χ3n) is 6.69. The van der Waals surface area contributed by atoms with Crippen molar-refractivity contribution in [3.8, 4) is 11.4 Å². The number of para-hydroxylation sites is 2. The monoisotopic (exact) mass is 523 g/mol. The molecule has 3 N–H and O–H groups in total. The molecule has 2 heterocycles. The zero-order chi connectivity index (χ0) is 25.8. The number of carbonyl (C=O) groups excluding carboxylic acids is 1. The number of hydrogen-bond acceptors (Lipinski definition) is 7. The summed E-state index contributed by atoms with van der Waals surface area (Å²) in [6, 6.07) is 13.1. The summed E-state index contributed by atoms with van der Waals surface area (Å²) >= 11 is 1.64. The Balaban J connectivity index is 1.26. The minimum Gasteiger partial charge on any atom is -0.492 e. The molecule has 0 spiro atoms. The zero-order valence-corrected chi connectivity index (χ0v) is 21.3. The van der Waals surface area contributed by atoms with Gasteiger partial charge in [0.1, 0.15) is 18.2 Å². The van der Waals surface area contributed by atoms with Gasteiger partial charge in [-0.15, -0.1) is 0 Å². The Bertz CT molecular complexity index is 1330. The van der Waals surface area contributed by atoms with Crippen molar-refractivity contribution < 1.29 is 13.9 Å². The summed E-state index contributed by atoms with van der Waals surface area (Å²) < 4.78 is 20.2. The Morgan fingerprint density at radius 1 is 1.19 bits per heavy atom. The average Bonchev–Trinajstić information content (AvgIpc) is 2.88. The van der Waals surface area contributed by atoms with Crippen molar-refractivity contribution >= 4 is 23.4 Å². The number of rotatable bonds is 9. The molecular weight excluding hydrogens is 493 g/mol. The van der Waals surface area contributed by atoms with Gasteiger partial charge in [0.2, 0.25) is 5.91 Å². The molecule has 10 heteroatoms. The number of nitrogens with two attached hydrogens (primary N) is 1. The van der Waals surface area contributed by atoms with Crippen molar-refractivity contribution in [3.63, 3.8) is 0 Å². The predicted molar refractivity (Wildman–Crippen MR) is 142 cm³/mol. The number of nitrogen functional groups attached to an aromatic ring is 1. The molecule has 1 amide bonds. The van der Waals surface area contributed by atoms with Crippen LogP contribution in [0.4, 0.5) is 10.1 Å². The number of benzene rings is 2. The lowest BCUT2D eigenvalue weighted by Crippen LogP contribution is -2.44. The molecule has 0 saturated heterocycles. The summed E-state index contributed by atoms with van der Waals surface area (Å²) in [6.45, 7) is 1.66. The van der Waals surface area contributed by atoms with E-state index in [1.165, 1.54) is 18.6 Å². The Morgan fingerprint density at radius 3 is 2.70 bits per heavy atom. The molecule has 5 rings (SSSR count). The van der Waals surface area contributed by atoms with Crippen LogP contribution in [0.3, 0.4) is 0 Å². The fraction of sp³-hybridized carbons (Fsp3) is 0.370. The number of amides is 1. The van der Waals surface area contributed by atoms with E-state index in [9.17, 15) is 14.0 Å². The smallest absolute Gasteiger partial charge is 0.264 e. The maximum Gasteiger partial charge on any atom is 0.264 e. The highest BCUT2D eigenvalue weighted by molar-refractivity contribution is 7.99. The van der Waals surface area contributed by atoms with Gasteiger partial charge in [-0.25, -0.2) is 9.37 Å². The zero-order valence-electron chi connectivity index (χ0n) is 20.5. The first-order valence-corrected chi connectivity index (χ1v) is 13.4. The average molecular weight is 524 g/mol. The van der Waals surface area contributed by atoms with E-state index in [4.69, 9.17) is 15.5 Å². The third-order valence-corrected chi connectivity index (χ3v) is 7.98. The minimum atomic E-state index is -0.318. The first-order chi connectivity index (χ1) is 18.0. The summed E-state index contributed by atoms with van der Waals surface area (Å²) in [5.74, 6) is 0.159. The molecule has 1 fully saturated rings. The molecule has 1 aromatic heterocycles. The fourth-order valence-corrected chi connectivity index (χ4v) is 5.68. The van der Waals surface area contributed by atoms with Gasteiger partial charge < -0.3 is 20.7 Å². The molecule has 8 nitrogen and oxygen atoms in total. The number of nitrogens with one attached hydrogen (secondary N) is 1.